The van der Waals surface area contributed by atoms with E-state index in [4.69, 9.17) is 0 Å². The van der Waals surface area contributed by atoms with Crippen LogP contribution in [0.3, 0.4) is 0 Å². The highest BCUT2D eigenvalue weighted by Gasteiger charge is 2.60. The minimum Gasteiger partial charge on any atom is -0.393 e. The standard InChI is InChI=1S/C27H39N3O2/c1-17(29-30-25(32)18-10-14-28-15-11-18)22-6-7-23-21-5-4-19-16-20(31)8-12-26(19,2)24(21)9-13-27(22,23)3/h10-11,14-15,19-24,31H,4-9,12-13,16H2,1-3H3,(H,30,32)/b29-17-/t19-,20-,21-,22+,23-,24-,26-,27+/m0/s1. The molecule has 2 N–H and O–H groups in total. The van der Waals surface area contributed by atoms with E-state index >= 15 is 0 Å². The first-order chi connectivity index (χ1) is 15.3. The lowest BCUT2D eigenvalue weighted by atomic mass is 9.44. The molecule has 0 spiro atoms. The summed E-state index contributed by atoms with van der Waals surface area (Å²) in [5.41, 5.74) is 5.17. The second kappa shape index (κ2) is 8.23. The van der Waals surface area contributed by atoms with Crippen molar-refractivity contribution in [2.75, 3.05) is 0 Å². The Kier molecular flexibility index (Phi) is 5.68. The van der Waals surface area contributed by atoms with Gasteiger partial charge in [0, 0.05) is 29.6 Å². The number of aliphatic hydroxyl groups excluding tert-OH is 1. The molecule has 174 valence electrons. The van der Waals surface area contributed by atoms with Gasteiger partial charge in [-0.1, -0.05) is 13.8 Å². The predicted molar refractivity (Wildman–Crippen MR) is 126 cm³/mol. The number of hydrazone groups is 1. The van der Waals surface area contributed by atoms with E-state index in [1.807, 2.05) is 0 Å². The van der Waals surface area contributed by atoms with E-state index in [0.29, 0.717) is 22.8 Å². The van der Waals surface area contributed by atoms with E-state index in [1.54, 1.807) is 24.5 Å². The van der Waals surface area contributed by atoms with Gasteiger partial charge in [0.25, 0.3) is 5.91 Å². The molecule has 0 aliphatic heterocycles. The Balaban J connectivity index is 1.31. The number of carbonyl (C=O) groups is 1. The van der Waals surface area contributed by atoms with Crippen molar-refractivity contribution in [2.24, 2.45) is 45.5 Å². The van der Waals surface area contributed by atoms with Gasteiger partial charge in [0.2, 0.25) is 0 Å². The van der Waals surface area contributed by atoms with Crippen molar-refractivity contribution in [2.45, 2.75) is 84.7 Å². The summed E-state index contributed by atoms with van der Waals surface area (Å²) in [5, 5.41) is 14.8. The summed E-state index contributed by atoms with van der Waals surface area (Å²) in [5.74, 6) is 3.38. The van der Waals surface area contributed by atoms with Crippen LogP contribution in [0.25, 0.3) is 0 Å². The Morgan fingerprint density at radius 1 is 1.03 bits per heavy atom. The van der Waals surface area contributed by atoms with Crippen LogP contribution in [0.5, 0.6) is 0 Å². The van der Waals surface area contributed by atoms with E-state index in [2.05, 4.69) is 36.3 Å². The number of aromatic nitrogens is 1. The van der Waals surface area contributed by atoms with Gasteiger partial charge in [-0.25, -0.2) is 5.43 Å². The van der Waals surface area contributed by atoms with Gasteiger partial charge in [0.15, 0.2) is 0 Å². The molecule has 0 unspecified atom stereocenters. The number of pyridine rings is 1. The van der Waals surface area contributed by atoms with Crippen molar-refractivity contribution in [3.8, 4) is 0 Å². The first-order valence-corrected chi connectivity index (χ1v) is 12.8. The zero-order valence-corrected chi connectivity index (χ0v) is 19.9. The number of nitrogens with one attached hydrogen (secondary N) is 1. The van der Waals surface area contributed by atoms with Gasteiger partial charge in [0.1, 0.15) is 0 Å². The molecule has 8 atom stereocenters. The van der Waals surface area contributed by atoms with Gasteiger partial charge >= 0.3 is 0 Å². The quantitative estimate of drug-likeness (QED) is 0.504. The number of hydrogen-bond donors (Lipinski definition) is 2. The van der Waals surface area contributed by atoms with Crippen molar-refractivity contribution in [3.63, 3.8) is 0 Å². The van der Waals surface area contributed by atoms with Gasteiger partial charge < -0.3 is 5.11 Å². The fourth-order valence-electron chi connectivity index (χ4n) is 8.71. The lowest BCUT2D eigenvalue weighted by Gasteiger charge is -2.61. The molecular formula is C27H39N3O2. The van der Waals surface area contributed by atoms with E-state index in [-0.39, 0.29) is 17.4 Å². The summed E-state index contributed by atoms with van der Waals surface area (Å²) < 4.78 is 0. The smallest absolute Gasteiger partial charge is 0.271 e. The summed E-state index contributed by atoms with van der Waals surface area (Å²) in [4.78, 5) is 16.4. The number of carbonyl (C=O) groups excluding carboxylic acids is 1. The number of fused-ring (bicyclic) bond motifs is 5. The van der Waals surface area contributed by atoms with Crippen molar-refractivity contribution in [3.05, 3.63) is 30.1 Å². The van der Waals surface area contributed by atoms with E-state index in [1.165, 1.54) is 44.9 Å². The number of aliphatic hydroxyl groups is 1. The Bertz CT molecular complexity index is 886. The molecular weight excluding hydrogens is 398 g/mol. The molecule has 5 rings (SSSR count). The average Bonchev–Trinajstić information content (AvgIpc) is 3.15. The third kappa shape index (κ3) is 3.52. The number of amides is 1. The molecule has 1 aromatic rings. The average molecular weight is 438 g/mol. The van der Waals surface area contributed by atoms with Gasteiger partial charge in [-0.2, -0.15) is 5.10 Å². The van der Waals surface area contributed by atoms with Gasteiger partial charge in [-0.15, -0.1) is 0 Å². The fourth-order valence-corrected chi connectivity index (χ4v) is 8.71. The normalized spacial score (nSPS) is 43.7. The topological polar surface area (TPSA) is 74.6 Å². The predicted octanol–water partition coefficient (Wildman–Crippen LogP) is 5.21. The van der Waals surface area contributed by atoms with Gasteiger partial charge in [-0.05, 0) is 111 Å². The van der Waals surface area contributed by atoms with Crippen LogP contribution in [0.4, 0.5) is 0 Å². The van der Waals surface area contributed by atoms with E-state index in [9.17, 15) is 9.90 Å². The molecule has 32 heavy (non-hydrogen) atoms. The molecule has 4 aliphatic rings. The molecule has 5 heteroatoms. The minimum atomic E-state index is -0.166. The molecule has 1 heterocycles. The molecule has 4 fully saturated rings. The number of nitrogens with zero attached hydrogens (tertiary/aromatic N) is 2. The SMILES string of the molecule is C/C(=N/NC(=O)c1ccncc1)[C@H]1CC[C@H]2[C@@H]3CC[C@H]4C[C@@H](O)CC[C@]4(C)[C@H]3CC[C@]12C. The van der Waals surface area contributed by atoms with E-state index in [0.717, 1.165) is 36.3 Å². The largest absolute Gasteiger partial charge is 0.393 e. The summed E-state index contributed by atoms with van der Waals surface area (Å²) >= 11 is 0. The third-order valence-corrected chi connectivity index (χ3v) is 10.4. The van der Waals surface area contributed by atoms with Crippen molar-refractivity contribution in [1.82, 2.24) is 10.4 Å². The maximum absolute atomic E-state index is 12.4. The van der Waals surface area contributed by atoms with Crippen LogP contribution in [0.15, 0.2) is 29.6 Å². The Morgan fingerprint density at radius 3 is 2.53 bits per heavy atom. The van der Waals surface area contributed by atoms with Gasteiger partial charge in [0.05, 0.1) is 6.10 Å². The van der Waals surface area contributed by atoms with Crippen molar-refractivity contribution < 1.29 is 9.90 Å². The van der Waals surface area contributed by atoms with Crippen LogP contribution in [0, 0.1) is 40.4 Å². The summed E-state index contributed by atoms with van der Waals surface area (Å²) in [7, 11) is 0. The zero-order valence-electron chi connectivity index (χ0n) is 19.9. The summed E-state index contributed by atoms with van der Waals surface area (Å²) in [6, 6.07) is 3.44. The van der Waals surface area contributed by atoms with E-state index < -0.39 is 0 Å². The Hall–Kier alpha value is -1.75. The molecule has 0 radical (unpaired) electrons. The summed E-state index contributed by atoms with van der Waals surface area (Å²) in [6.45, 7) is 7.17. The van der Waals surface area contributed by atoms with Crippen LogP contribution in [-0.4, -0.2) is 27.8 Å². The zero-order chi connectivity index (χ0) is 22.5. The molecule has 4 aliphatic carbocycles. The Labute approximate surface area is 192 Å². The molecule has 1 aromatic heterocycles. The van der Waals surface area contributed by atoms with Gasteiger partial charge in [-0.3, -0.25) is 9.78 Å². The summed E-state index contributed by atoms with van der Waals surface area (Å²) in [6.07, 6.45) is 14.1. The number of rotatable bonds is 3. The maximum atomic E-state index is 12.4. The van der Waals surface area contributed by atoms with Crippen molar-refractivity contribution in [1.29, 1.82) is 0 Å². The first-order valence-electron chi connectivity index (χ1n) is 12.8. The molecule has 0 aromatic carbocycles. The lowest BCUT2D eigenvalue weighted by molar-refractivity contribution is -0.123. The minimum absolute atomic E-state index is 0.0736. The highest BCUT2D eigenvalue weighted by molar-refractivity contribution is 5.95. The highest BCUT2D eigenvalue weighted by Crippen LogP contribution is 2.67. The van der Waals surface area contributed by atoms with Crippen molar-refractivity contribution >= 4 is 11.6 Å². The second-order valence-corrected chi connectivity index (χ2v) is 11.7. The maximum Gasteiger partial charge on any atom is 0.271 e. The highest BCUT2D eigenvalue weighted by atomic mass is 16.3. The molecule has 5 nitrogen and oxygen atoms in total. The first kappa shape index (κ1) is 22.1. The molecule has 1 amide bonds. The molecule has 0 bridgehead atoms. The lowest BCUT2D eigenvalue weighted by Crippen LogP contribution is -2.54. The molecule has 0 saturated heterocycles. The van der Waals surface area contributed by atoms with Crippen LogP contribution in [-0.2, 0) is 0 Å². The third-order valence-electron chi connectivity index (χ3n) is 10.4. The van der Waals surface area contributed by atoms with Crippen LogP contribution in [0.1, 0.15) is 88.9 Å². The van der Waals surface area contributed by atoms with Crippen LogP contribution >= 0.6 is 0 Å². The van der Waals surface area contributed by atoms with Crippen LogP contribution < -0.4 is 5.43 Å². The molecule has 4 saturated carbocycles. The monoisotopic (exact) mass is 437 g/mol. The second-order valence-electron chi connectivity index (χ2n) is 11.7. The number of hydrogen-bond acceptors (Lipinski definition) is 4. The fraction of sp³-hybridized carbons (Fsp3) is 0.741. The Morgan fingerprint density at radius 2 is 1.75 bits per heavy atom. The van der Waals surface area contributed by atoms with Crippen LogP contribution in [0.2, 0.25) is 0 Å².